The van der Waals surface area contributed by atoms with Crippen LogP contribution < -0.4 is 10.6 Å². The Bertz CT molecular complexity index is 525. The third kappa shape index (κ3) is 2.93. The average Bonchev–Trinajstić information content (AvgIpc) is 2.85. The SMILES string of the molecule is C=CCC(NC(=O)c1ccc2c(c1)NCC2)C(=O)O. The first-order chi connectivity index (χ1) is 9.11. The smallest absolute Gasteiger partial charge is 0.326 e. The number of hydrogen-bond acceptors (Lipinski definition) is 3. The lowest BCUT2D eigenvalue weighted by Gasteiger charge is -2.13. The lowest BCUT2D eigenvalue weighted by Crippen LogP contribution is -2.40. The number of anilines is 1. The Balaban J connectivity index is 2.11. The van der Waals surface area contributed by atoms with Gasteiger partial charge in [-0.25, -0.2) is 4.79 Å². The summed E-state index contributed by atoms with van der Waals surface area (Å²) in [5, 5.41) is 14.7. The van der Waals surface area contributed by atoms with Crippen LogP contribution in [0.2, 0.25) is 0 Å². The van der Waals surface area contributed by atoms with Crippen molar-refractivity contribution in [2.75, 3.05) is 11.9 Å². The third-order valence-electron chi connectivity index (χ3n) is 3.09. The van der Waals surface area contributed by atoms with Crippen molar-refractivity contribution in [2.45, 2.75) is 18.9 Å². The molecule has 1 aromatic rings. The van der Waals surface area contributed by atoms with E-state index in [0.717, 1.165) is 18.7 Å². The van der Waals surface area contributed by atoms with Gasteiger partial charge < -0.3 is 15.7 Å². The van der Waals surface area contributed by atoms with Crippen LogP contribution in [0.1, 0.15) is 22.3 Å². The van der Waals surface area contributed by atoms with Crippen LogP contribution in [-0.2, 0) is 11.2 Å². The molecular weight excluding hydrogens is 244 g/mol. The Kier molecular flexibility index (Phi) is 3.85. The molecule has 0 saturated heterocycles. The topological polar surface area (TPSA) is 78.4 Å². The van der Waals surface area contributed by atoms with E-state index >= 15 is 0 Å². The number of rotatable bonds is 5. The number of carboxylic acid groups (broad SMARTS) is 1. The van der Waals surface area contributed by atoms with Crippen molar-refractivity contribution < 1.29 is 14.7 Å². The van der Waals surface area contributed by atoms with Crippen LogP contribution in [0.4, 0.5) is 5.69 Å². The number of fused-ring (bicyclic) bond motifs is 1. The second kappa shape index (κ2) is 5.56. The zero-order valence-corrected chi connectivity index (χ0v) is 10.5. The number of benzene rings is 1. The molecule has 5 heteroatoms. The fourth-order valence-electron chi connectivity index (χ4n) is 2.06. The highest BCUT2D eigenvalue weighted by Crippen LogP contribution is 2.23. The largest absolute Gasteiger partial charge is 0.480 e. The van der Waals surface area contributed by atoms with Gasteiger partial charge in [-0.3, -0.25) is 4.79 Å². The molecule has 100 valence electrons. The normalized spacial score (nSPS) is 14.1. The van der Waals surface area contributed by atoms with E-state index in [1.807, 2.05) is 6.07 Å². The molecule has 0 radical (unpaired) electrons. The van der Waals surface area contributed by atoms with Crippen molar-refractivity contribution in [3.63, 3.8) is 0 Å². The molecule has 2 rings (SSSR count). The van der Waals surface area contributed by atoms with E-state index in [1.54, 1.807) is 12.1 Å². The van der Waals surface area contributed by atoms with Crippen LogP contribution in [0.3, 0.4) is 0 Å². The van der Waals surface area contributed by atoms with Crippen molar-refractivity contribution in [2.24, 2.45) is 0 Å². The predicted molar refractivity (Wildman–Crippen MR) is 72.3 cm³/mol. The highest BCUT2D eigenvalue weighted by atomic mass is 16.4. The first kappa shape index (κ1) is 13.1. The van der Waals surface area contributed by atoms with Gasteiger partial charge in [-0.2, -0.15) is 0 Å². The number of aliphatic carboxylic acids is 1. The molecule has 1 unspecified atom stereocenters. The second-order valence-corrected chi connectivity index (χ2v) is 4.44. The summed E-state index contributed by atoms with van der Waals surface area (Å²) in [5.41, 5.74) is 2.59. The van der Waals surface area contributed by atoms with Gasteiger partial charge in [-0.15, -0.1) is 6.58 Å². The van der Waals surface area contributed by atoms with Gasteiger partial charge in [0.15, 0.2) is 0 Å². The first-order valence-electron chi connectivity index (χ1n) is 6.13. The predicted octanol–water partition coefficient (Wildman–Crippen LogP) is 1.41. The third-order valence-corrected chi connectivity index (χ3v) is 3.09. The highest BCUT2D eigenvalue weighted by molar-refractivity contribution is 5.97. The molecule has 19 heavy (non-hydrogen) atoms. The van der Waals surface area contributed by atoms with Crippen molar-refractivity contribution in [3.8, 4) is 0 Å². The highest BCUT2D eigenvalue weighted by Gasteiger charge is 2.20. The fraction of sp³-hybridized carbons (Fsp3) is 0.286. The van der Waals surface area contributed by atoms with Crippen molar-refractivity contribution in [1.29, 1.82) is 0 Å². The summed E-state index contributed by atoms with van der Waals surface area (Å²) >= 11 is 0. The van der Waals surface area contributed by atoms with E-state index in [-0.39, 0.29) is 12.3 Å². The zero-order chi connectivity index (χ0) is 13.8. The van der Waals surface area contributed by atoms with Gasteiger partial charge in [0.1, 0.15) is 6.04 Å². The van der Waals surface area contributed by atoms with Gasteiger partial charge >= 0.3 is 5.97 Å². The molecule has 1 aromatic carbocycles. The number of amides is 1. The number of nitrogens with one attached hydrogen (secondary N) is 2. The number of carbonyl (C=O) groups excluding carboxylic acids is 1. The molecule has 0 bridgehead atoms. The van der Waals surface area contributed by atoms with Crippen LogP contribution in [-0.4, -0.2) is 29.6 Å². The van der Waals surface area contributed by atoms with Gasteiger partial charge in [-0.1, -0.05) is 12.1 Å². The Labute approximate surface area is 111 Å². The Morgan fingerprint density at radius 1 is 1.53 bits per heavy atom. The maximum absolute atomic E-state index is 12.0. The number of carbonyl (C=O) groups is 2. The minimum atomic E-state index is -1.06. The van der Waals surface area contributed by atoms with Crippen LogP contribution in [0.5, 0.6) is 0 Å². The van der Waals surface area contributed by atoms with Crippen molar-refractivity contribution in [1.82, 2.24) is 5.32 Å². The fourth-order valence-corrected chi connectivity index (χ4v) is 2.06. The molecule has 1 heterocycles. The standard InChI is InChI=1S/C14H16N2O3/c1-2-3-11(14(18)19)16-13(17)10-5-4-9-6-7-15-12(9)8-10/h2,4-5,8,11,15H,1,3,6-7H2,(H,16,17)(H,18,19). The van der Waals surface area contributed by atoms with Crippen LogP contribution in [0.25, 0.3) is 0 Å². The van der Waals surface area contributed by atoms with Gasteiger partial charge in [-0.05, 0) is 30.5 Å². The minimum Gasteiger partial charge on any atom is -0.480 e. The summed E-state index contributed by atoms with van der Waals surface area (Å²) in [5.74, 6) is -1.45. The summed E-state index contributed by atoms with van der Waals surface area (Å²) in [4.78, 5) is 23.0. The van der Waals surface area contributed by atoms with E-state index in [0.29, 0.717) is 5.56 Å². The van der Waals surface area contributed by atoms with Gasteiger partial charge in [0.2, 0.25) is 0 Å². The molecule has 1 aliphatic rings. The lowest BCUT2D eigenvalue weighted by atomic mass is 10.1. The van der Waals surface area contributed by atoms with Crippen molar-refractivity contribution >= 4 is 17.6 Å². The summed E-state index contributed by atoms with van der Waals surface area (Å²) in [6, 6.07) is 4.43. The monoisotopic (exact) mass is 260 g/mol. The number of hydrogen-bond donors (Lipinski definition) is 3. The van der Waals surface area contributed by atoms with E-state index in [1.165, 1.54) is 11.6 Å². The molecule has 1 aliphatic heterocycles. The van der Waals surface area contributed by atoms with Gasteiger partial charge in [0, 0.05) is 17.8 Å². The summed E-state index contributed by atoms with van der Waals surface area (Å²) < 4.78 is 0. The molecular formula is C14H16N2O3. The summed E-state index contributed by atoms with van der Waals surface area (Å²) in [6.45, 7) is 4.36. The summed E-state index contributed by atoms with van der Waals surface area (Å²) in [6.07, 6.45) is 2.62. The Hall–Kier alpha value is -2.30. The molecule has 0 spiro atoms. The quantitative estimate of drug-likeness (QED) is 0.699. The molecule has 1 amide bonds. The molecule has 5 nitrogen and oxygen atoms in total. The Morgan fingerprint density at radius 3 is 3.00 bits per heavy atom. The maximum Gasteiger partial charge on any atom is 0.326 e. The molecule has 0 aliphatic carbocycles. The van der Waals surface area contributed by atoms with E-state index in [4.69, 9.17) is 5.11 Å². The molecule has 0 fully saturated rings. The minimum absolute atomic E-state index is 0.199. The van der Waals surface area contributed by atoms with Crippen LogP contribution >= 0.6 is 0 Å². The maximum atomic E-state index is 12.0. The van der Waals surface area contributed by atoms with E-state index in [2.05, 4.69) is 17.2 Å². The average molecular weight is 260 g/mol. The lowest BCUT2D eigenvalue weighted by molar-refractivity contribution is -0.139. The molecule has 0 saturated carbocycles. The Morgan fingerprint density at radius 2 is 2.32 bits per heavy atom. The van der Waals surface area contributed by atoms with Gasteiger partial charge in [0.25, 0.3) is 5.91 Å². The first-order valence-corrected chi connectivity index (χ1v) is 6.13. The zero-order valence-electron chi connectivity index (χ0n) is 10.5. The molecule has 3 N–H and O–H groups in total. The molecule has 0 aromatic heterocycles. The van der Waals surface area contributed by atoms with E-state index < -0.39 is 12.0 Å². The summed E-state index contributed by atoms with van der Waals surface area (Å²) in [7, 11) is 0. The van der Waals surface area contributed by atoms with Crippen LogP contribution in [0.15, 0.2) is 30.9 Å². The van der Waals surface area contributed by atoms with Crippen LogP contribution in [0, 0.1) is 0 Å². The van der Waals surface area contributed by atoms with E-state index in [9.17, 15) is 9.59 Å². The van der Waals surface area contributed by atoms with Gasteiger partial charge in [0.05, 0.1) is 0 Å². The molecule has 1 atom stereocenters. The number of carboxylic acids is 1. The van der Waals surface area contributed by atoms with Crippen molar-refractivity contribution in [3.05, 3.63) is 42.0 Å². The second-order valence-electron chi connectivity index (χ2n) is 4.44.